The van der Waals surface area contributed by atoms with Gasteiger partial charge >= 0.3 is 0 Å². The van der Waals surface area contributed by atoms with E-state index in [2.05, 4.69) is 38.5 Å². The van der Waals surface area contributed by atoms with E-state index < -0.39 is 5.41 Å². The van der Waals surface area contributed by atoms with E-state index in [1.807, 2.05) is 20.0 Å². The molecule has 2 N–H and O–H groups in total. The Bertz CT molecular complexity index is 499. The van der Waals surface area contributed by atoms with Gasteiger partial charge in [0.2, 0.25) is 5.91 Å². The van der Waals surface area contributed by atoms with Crippen molar-refractivity contribution in [1.82, 2.24) is 4.98 Å². The maximum atomic E-state index is 11.4. The molecule has 20 heavy (non-hydrogen) atoms. The van der Waals surface area contributed by atoms with Gasteiger partial charge in [-0.25, -0.2) is 4.98 Å². The Kier molecular flexibility index (Phi) is 4.85. The van der Waals surface area contributed by atoms with Crippen molar-refractivity contribution in [3.63, 3.8) is 0 Å². The van der Waals surface area contributed by atoms with Crippen LogP contribution in [0.15, 0.2) is 12.3 Å². The van der Waals surface area contributed by atoms with E-state index in [9.17, 15) is 4.79 Å². The summed E-state index contributed by atoms with van der Waals surface area (Å²) in [6.45, 7) is 6.95. The number of primary amides is 1. The lowest BCUT2D eigenvalue weighted by Crippen LogP contribution is -2.37. The average Bonchev–Trinajstić information content (AvgIpc) is 2.41. The molecule has 0 bridgehead atoms. The third-order valence-electron chi connectivity index (χ3n) is 3.55. The number of ether oxygens (including phenoxy) is 1. The fourth-order valence-corrected chi connectivity index (χ4v) is 2.72. The largest absolute Gasteiger partial charge is 0.378 e. The van der Waals surface area contributed by atoms with Gasteiger partial charge in [-0.1, -0.05) is 13.8 Å². The maximum Gasteiger partial charge on any atom is 0.223 e. The first-order valence-electron chi connectivity index (χ1n) is 6.67. The molecule has 0 aliphatic carbocycles. The quantitative estimate of drug-likeness (QED) is 0.795. The van der Waals surface area contributed by atoms with E-state index in [0.717, 1.165) is 41.3 Å². The normalized spacial score (nSPS) is 16.2. The Morgan fingerprint density at radius 3 is 2.70 bits per heavy atom. The summed E-state index contributed by atoms with van der Waals surface area (Å²) in [5.74, 6) is 0.684. The van der Waals surface area contributed by atoms with Gasteiger partial charge in [0.15, 0.2) is 0 Å². The number of amides is 1. The van der Waals surface area contributed by atoms with Crippen molar-refractivity contribution in [3.05, 3.63) is 21.4 Å². The Balaban J connectivity index is 2.15. The van der Waals surface area contributed by atoms with Gasteiger partial charge in [0.25, 0.3) is 0 Å². The predicted octanol–water partition coefficient (Wildman–Crippen LogP) is 1.58. The Morgan fingerprint density at radius 1 is 1.50 bits per heavy atom. The second-order valence-corrected chi connectivity index (χ2v) is 6.82. The van der Waals surface area contributed by atoms with Crippen LogP contribution in [-0.2, 0) is 16.0 Å². The number of hydrogen-bond donors (Lipinski definition) is 1. The second kappa shape index (κ2) is 6.26. The first-order valence-corrected chi connectivity index (χ1v) is 7.75. The lowest BCUT2D eigenvalue weighted by atomic mass is 9.85. The SMILES string of the molecule is CC(C)(Cc1cnc(N2CCOCC2)cc1I)C(N)=O. The number of hydrogen-bond acceptors (Lipinski definition) is 4. The molecule has 1 aromatic heterocycles. The van der Waals surface area contributed by atoms with Gasteiger partial charge in [-0.05, 0) is 40.6 Å². The number of rotatable bonds is 4. The molecule has 1 aliphatic rings. The molecule has 2 heterocycles. The first-order chi connectivity index (χ1) is 9.40. The Morgan fingerprint density at radius 2 is 2.15 bits per heavy atom. The van der Waals surface area contributed by atoms with Crippen LogP contribution in [0.25, 0.3) is 0 Å². The van der Waals surface area contributed by atoms with Crippen LogP contribution in [0.4, 0.5) is 5.82 Å². The van der Waals surface area contributed by atoms with Crippen molar-refractivity contribution in [2.75, 3.05) is 31.2 Å². The summed E-state index contributed by atoms with van der Waals surface area (Å²) in [6, 6.07) is 2.07. The van der Waals surface area contributed by atoms with Crippen LogP contribution in [0.5, 0.6) is 0 Å². The van der Waals surface area contributed by atoms with Gasteiger partial charge in [0, 0.05) is 28.3 Å². The third kappa shape index (κ3) is 3.60. The van der Waals surface area contributed by atoms with Crippen LogP contribution in [0.3, 0.4) is 0 Å². The lowest BCUT2D eigenvalue weighted by molar-refractivity contribution is -0.125. The van der Waals surface area contributed by atoms with Crippen LogP contribution in [-0.4, -0.2) is 37.2 Å². The van der Waals surface area contributed by atoms with Crippen molar-refractivity contribution >= 4 is 34.3 Å². The van der Waals surface area contributed by atoms with E-state index in [1.165, 1.54) is 0 Å². The van der Waals surface area contributed by atoms with Crippen LogP contribution in [0.2, 0.25) is 0 Å². The third-order valence-corrected chi connectivity index (χ3v) is 4.55. The van der Waals surface area contributed by atoms with Gasteiger partial charge in [-0.2, -0.15) is 0 Å². The summed E-state index contributed by atoms with van der Waals surface area (Å²) in [5, 5.41) is 0. The highest BCUT2D eigenvalue weighted by molar-refractivity contribution is 14.1. The van der Waals surface area contributed by atoms with Crippen LogP contribution in [0.1, 0.15) is 19.4 Å². The molecule has 1 aromatic rings. The number of halogens is 1. The summed E-state index contributed by atoms with van der Waals surface area (Å²) in [4.78, 5) is 18.2. The van der Waals surface area contributed by atoms with Crippen LogP contribution in [0, 0.1) is 8.99 Å². The van der Waals surface area contributed by atoms with E-state index in [-0.39, 0.29) is 5.91 Å². The van der Waals surface area contributed by atoms with E-state index >= 15 is 0 Å². The number of aromatic nitrogens is 1. The number of morpholine rings is 1. The summed E-state index contributed by atoms with van der Waals surface area (Å²) in [5.41, 5.74) is 5.94. The van der Waals surface area contributed by atoms with Gasteiger partial charge in [-0.3, -0.25) is 4.79 Å². The molecule has 0 aromatic carbocycles. The van der Waals surface area contributed by atoms with Gasteiger partial charge in [0.05, 0.1) is 13.2 Å². The lowest BCUT2D eigenvalue weighted by Gasteiger charge is -2.28. The standard InChI is InChI=1S/C14H20IN3O2/c1-14(2,13(16)19)8-10-9-17-12(7-11(10)15)18-3-5-20-6-4-18/h7,9H,3-6,8H2,1-2H3,(H2,16,19). The molecule has 110 valence electrons. The fraction of sp³-hybridized carbons (Fsp3) is 0.571. The molecule has 1 fully saturated rings. The minimum atomic E-state index is -0.553. The average molecular weight is 389 g/mol. The summed E-state index contributed by atoms with van der Waals surface area (Å²) in [6.07, 6.45) is 2.47. The summed E-state index contributed by atoms with van der Waals surface area (Å²) < 4.78 is 6.46. The molecule has 5 nitrogen and oxygen atoms in total. The minimum Gasteiger partial charge on any atom is -0.378 e. The van der Waals surface area contributed by atoms with Crippen molar-refractivity contribution < 1.29 is 9.53 Å². The number of carbonyl (C=O) groups excluding carboxylic acids is 1. The molecular formula is C14H20IN3O2. The van der Waals surface area contributed by atoms with Crippen molar-refractivity contribution in [3.8, 4) is 0 Å². The highest BCUT2D eigenvalue weighted by atomic mass is 127. The van der Waals surface area contributed by atoms with Gasteiger partial charge < -0.3 is 15.4 Å². The number of carbonyl (C=O) groups is 1. The van der Waals surface area contributed by atoms with Gasteiger partial charge in [0.1, 0.15) is 5.82 Å². The van der Waals surface area contributed by atoms with Gasteiger partial charge in [-0.15, -0.1) is 0 Å². The van der Waals surface area contributed by atoms with Crippen molar-refractivity contribution in [1.29, 1.82) is 0 Å². The Labute approximate surface area is 133 Å². The highest BCUT2D eigenvalue weighted by Crippen LogP contribution is 2.26. The highest BCUT2D eigenvalue weighted by Gasteiger charge is 2.26. The summed E-state index contributed by atoms with van der Waals surface area (Å²) >= 11 is 2.30. The molecule has 0 radical (unpaired) electrons. The zero-order chi connectivity index (χ0) is 14.8. The summed E-state index contributed by atoms with van der Waals surface area (Å²) in [7, 11) is 0. The number of pyridine rings is 1. The molecule has 1 amide bonds. The number of nitrogens with two attached hydrogens (primary N) is 1. The topological polar surface area (TPSA) is 68.5 Å². The van der Waals surface area contributed by atoms with E-state index in [4.69, 9.17) is 10.5 Å². The Hall–Kier alpha value is -0.890. The number of nitrogens with zero attached hydrogens (tertiary/aromatic N) is 2. The molecule has 0 saturated carbocycles. The molecule has 2 rings (SSSR count). The minimum absolute atomic E-state index is 0.287. The van der Waals surface area contributed by atoms with E-state index in [1.54, 1.807) is 0 Å². The predicted molar refractivity (Wildman–Crippen MR) is 86.7 cm³/mol. The molecular weight excluding hydrogens is 369 g/mol. The first kappa shape index (κ1) is 15.5. The smallest absolute Gasteiger partial charge is 0.223 e. The fourth-order valence-electron chi connectivity index (χ4n) is 2.11. The molecule has 1 aliphatic heterocycles. The zero-order valence-corrected chi connectivity index (χ0v) is 14.0. The van der Waals surface area contributed by atoms with Crippen LogP contribution >= 0.6 is 22.6 Å². The van der Waals surface area contributed by atoms with Crippen molar-refractivity contribution in [2.45, 2.75) is 20.3 Å². The second-order valence-electron chi connectivity index (χ2n) is 5.66. The molecule has 0 unspecified atom stereocenters. The molecule has 1 saturated heterocycles. The van der Waals surface area contributed by atoms with Crippen LogP contribution < -0.4 is 10.6 Å². The molecule has 0 atom stereocenters. The number of anilines is 1. The molecule has 0 spiro atoms. The van der Waals surface area contributed by atoms with Crippen molar-refractivity contribution in [2.24, 2.45) is 11.1 Å². The van der Waals surface area contributed by atoms with E-state index in [0.29, 0.717) is 6.42 Å². The monoisotopic (exact) mass is 389 g/mol. The zero-order valence-electron chi connectivity index (χ0n) is 11.9. The maximum absolute atomic E-state index is 11.4. The molecule has 6 heteroatoms.